The molecule has 1 atom stereocenters. The highest BCUT2D eigenvalue weighted by Crippen LogP contribution is 2.31. The van der Waals surface area contributed by atoms with E-state index in [2.05, 4.69) is 16.8 Å². The molecule has 0 aromatic carbocycles. The summed E-state index contributed by atoms with van der Waals surface area (Å²) in [6.07, 6.45) is 1.33. The van der Waals surface area contributed by atoms with Crippen LogP contribution in [0.4, 0.5) is 5.13 Å². The summed E-state index contributed by atoms with van der Waals surface area (Å²) in [5, 5.41) is 1.50. The number of halogens is 2. The minimum atomic E-state index is 0.302. The van der Waals surface area contributed by atoms with Gasteiger partial charge in [-0.05, 0) is 6.42 Å². The van der Waals surface area contributed by atoms with Crippen LogP contribution in [0.3, 0.4) is 0 Å². The SMILES string of the molecule is CCC1CN(c2nc(Cl)c(CCl)s2)CCO1. The zero-order valence-electron chi connectivity index (χ0n) is 9.08. The predicted octanol–water partition coefficient (Wildman–Crippen LogP) is 3.15. The van der Waals surface area contributed by atoms with Crippen LogP contribution in [0.15, 0.2) is 0 Å². The molecule has 0 saturated carbocycles. The highest BCUT2D eigenvalue weighted by Gasteiger charge is 2.22. The second-order valence-electron chi connectivity index (χ2n) is 3.69. The van der Waals surface area contributed by atoms with Crippen molar-refractivity contribution in [1.82, 2.24) is 4.98 Å². The first-order chi connectivity index (χ1) is 7.74. The third-order valence-electron chi connectivity index (χ3n) is 2.62. The van der Waals surface area contributed by atoms with Crippen molar-refractivity contribution >= 4 is 39.7 Å². The molecule has 0 aliphatic carbocycles. The molecule has 0 amide bonds. The fourth-order valence-electron chi connectivity index (χ4n) is 1.68. The van der Waals surface area contributed by atoms with Gasteiger partial charge in [-0.25, -0.2) is 4.98 Å². The normalized spacial score (nSPS) is 21.4. The summed E-state index contributed by atoms with van der Waals surface area (Å²) < 4.78 is 5.62. The van der Waals surface area contributed by atoms with Gasteiger partial charge in [-0.15, -0.1) is 11.6 Å². The van der Waals surface area contributed by atoms with Gasteiger partial charge in [-0.3, -0.25) is 0 Å². The van der Waals surface area contributed by atoms with Crippen LogP contribution in [0.5, 0.6) is 0 Å². The van der Waals surface area contributed by atoms with Gasteiger partial charge in [0.25, 0.3) is 0 Å². The van der Waals surface area contributed by atoms with Crippen molar-refractivity contribution in [1.29, 1.82) is 0 Å². The Morgan fingerprint density at radius 3 is 3.06 bits per heavy atom. The molecule has 0 bridgehead atoms. The summed E-state index contributed by atoms with van der Waals surface area (Å²) in [6, 6.07) is 0. The molecule has 1 aliphatic heterocycles. The van der Waals surface area contributed by atoms with E-state index < -0.39 is 0 Å². The van der Waals surface area contributed by atoms with Crippen LogP contribution in [0, 0.1) is 0 Å². The van der Waals surface area contributed by atoms with Crippen LogP contribution < -0.4 is 4.90 Å². The van der Waals surface area contributed by atoms with E-state index in [9.17, 15) is 0 Å². The van der Waals surface area contributed by atoms with Crippen molar-refractivity contribution in [2.24, 2.45) is 0 Å². The minimum Gasteiger partial charge on any atom is -0.375 e. The highest BCUT2D eigenvalue weighted by molar-refractivity contribution is 7.16. The van der Waals surface area contributed by atoms with E-state index in [1.807, 2.05) is 0 Å². The molecule has 1 aromatic heterocycles. The van der Waals surface area contributed by atoms with E-state index in [0.29, 0.717) is 17.1 Å². The number of aromatic nitrogens is 1. The summed E-state index contributed by atoms with van der Waals surface area (Å²) in [7, 11) is 0. The van der Waals surface area contributed by atoms with Crippen molar-refractivity contribution in [3.8, 4) is 0 Å². The summed E-state index contributed by atoms with van der Waals surface area (Å²) >= 11 is 13.3. The molecule has 90 valence electrons. The quantitative estimate of drug-likeness (QED) is 0.796. The molecule has 0 spiro atoms. The van der Waals surface area contributed by atoms with E-state index in [4.69, 9.17) is 27.9 Å². The largest absolute Gasteiger partial charge is 0.375 e. The lowest BCUT2D eigenvalue weighted by molar-refractivity contribution is 0.0384. The first-order valence-electron chi connectivity index (χ1n) is 5.32. The van der Waals surface area contributed by atoms with Gasteiger partial charge in [0.1, 0.15) is 5.15 Å². The molecular weight excluding hydrogens is 267 g/mol. The Morgan fingerprint density at radius 2 is 2.44 bits per heavy atom. The number of rotatable bonds is 3. The maximum atomic E-state index is 5.99. The van der Waals surface area contributed by atoms with Crippen LogP contribution in [0.25, 0.3) is 0 Å². The molecule has 1 saturated heterocycles. The van der Waals surface area contributed by atoms with Crippen molar-refractivity contribution in [2.75, 3.05) is 24.6 Å². The Kier molecular flexibility index (Phi) is 4.30. The summed E-state index contributed by atoms with van der Waals surface area (Å²) in [4.78, 5) is 7.51. The van der Waals surface area contributed by atoms with Crippen LogP contribution in [0.1, 0.15) is 18.2 Å². The molecule has 1 fully saturated rings. The van der Waals surface area contributed by atoms with Crippen LogP contribution in [-0.4, -0.2) is 30.8 Å². The number of ether oxygens (including phenoxy) is 1. The molecule has 0 N–H and O–H groups in total. The lowest BCUT2D eigenvalue weighted by Crippen LogP contribution is -2.42. The third-order valence-corrected chi connectivity index (χ3v) is 4.59. The Bertz CT molecular complexity index is 359. The topological polar surface area (TPSA) is 25.4 Å². The van der Waals surface area contributed by atoms with Crippen molar-refractivity contribution < 1.29 is 4.74 Å². The Morgan fingerprint density at radius 1 is 1.62 bits per heavy atom. The van der Waals surface area contributed by atoms with Crippen molar-refractivity contribution in [3.63, 3.8) is 0 Å². The molecule has 1 aliphatic rings. The molecular formula is C10H14Cl2N2OS. The van der Waals surface area contributed by atoms with E-state index in [0.717, 1.165) is 36.1 Å². The molecule has 1 aromatic rings. The van der Waals surface area contributed by atoms with E-state index >= 15 is 0 Å². The second-order valence-corrected chi connectivity index (χ2v) is 5.38. The number of alkyl halides is 1. The summed E-state index contributed by atoms with van der Waals surface area (Å²) in [6.45, 7) is 4.66. The first-order valence-corrected chi connectivity index (χ1v) is 7.05. The number of thiazole rings is 1. The van der Waals surface area contributed by atoms with Crippen LogP contribution in [-0.2, 0) is 10.6 Å². The molecule has 16 heavy (non-hydrogen) atoms. The monoisotopic (exact) mass is 280 g/mol. The zero-order chi connectivity index (χ0) is 11.5. The Hall–Kier alpha value is -0.0300. The van der Waals surface area contributed by atoms with Gasteiger partial charge in [0, 0.05) is 13.1 Å². The van der Waals surface area contributed by atoms with Gasteiger partial charge in [-0.1, -0.05) is 29.9 Å². The lowest BCUT2D eigenvalue weighted by Gasteiger charge is -2.32. The number of morpholine rings is 1. The summed E-state index contributed by atoms with van der Waals surface area (Å²) in [5.74, 6) is 0.429. The Labute approximate surface area is 109 Å². The number of nitrogens with zero attached hydrogens (tertiary/aromatic N) is 2. The highest BCUT2D eigenvalue weighted by atomic mass is 35.5. The average Bonchev–Trinajstić information content (AvgIpc) is 2.71. The smallest absolute Gasteiger partial charge is 0.187 e. The van der Waals surface area contributed by atoms with E-state index in [1.165, 1.54) is 0 Å². The maximum Gasteiger partial charge on any atom is 0.187 e. The number of hydrogen-bond donors (Lipinski definition) is 0. The minimum absolute atomic E-state index is 0.302. The molecule has 6 heteroatoms. The number of hydrogen-bond acceptors (Lipinski definition) is 4. The third kappa shape index (κ3) is 2.62. The fourth-order valence-corrected chi connectivity index (χ4v) is 3.19. The second kappa shape index (κ2) is 5.54. The average molecular weight is 281 g/mol. The lowest BCUT2D eigenvalue weighted by atomic mass is 10.2. The number of anilines is 1. The maximum absolute atomic E-state index is 5.99. The van der Waals surface area contributed by atoms with Gasteiger partial charge < -0.3 is 9.64 Å². The standard InChI is InChI=1S/C10H14Cl2N2OS/c1-2-7-6-14(3-4-15-7)10-13-9(12)8(5-11)16-10/h7H,2-6H2,1H3. The molecule has 0 radical (unpaired) electrons. The van der Waals surface area contributed by atoms with Gasteiger partial charge in [0.15, 0.2) is 5.13 Å². The van der Waals surface area contributed by atoms with Crippen molar-refractivity contribution in [3.05, 3.63) is 10.0 Å². The predicted molar refractivity (Wildman–Crippen MR) is 68.9 cm³/mol. The molecule has 2 rings (SSSR count). The Balaban J connectivity index is 2.10. The molecule has 2 heterocycles. The van der Waals surface area contributed by atoms with Crippen LogP contribution >= 0.6 is 34.5 Å². The van der Waals surface area contributed by atoms with Crippen molar-refractivity contribution in [2.45, 2.75) is 25.3 Å². The van der Waals surface area contributed by atoms with E-state index in [1.54, 1.807) is 11.3 Å². The zero-order valence-corrected chi connectivity index (χ0v) is 11.4. The molecule has 1 unspecified atom stereocenters. The van der Waals surface area contributed by atoms with Crippen LogP contribution in [0.2, 0.25) is 5.15 Å². The van der Waals surface area contributed by atoms with Gasteiger partial charge in [0.05, 0.1) is 23.5 Å². The van der Waals surface area contributed by atoms with E-state index in [-0.39, 0.29) is 0 Å². The van der Waals surface area contributed by atoms with Gasteiger partial charge in [-0.2, -0.15) is 0 Å². The van der Waals surface area contributed by atoms with Gasteiger partial charge >= 0.3 is 0 Å². The fraction of sp³-hybridized carbons (Fsp3) is 0.700. The molecule has 3 nitrogen and oxygen atoms in total. The first kappa shape index (κ1) is 12.4. The summed E-state index contributed by atoms with van der Waals surface area (Å²) in [5.41, 5.74) is 0. The van der Waals surface area contributed by atoms with Gasteiger partial charge in [0.2, 0.25) is 0 Å².